The topological polar surface area (TPSA) is 41.6 Å². The minimum absolute atomic E-state index is 0.00824. The molecule has 1 aromatic heterocycles. The van der Waals surface area contributed by atoms with E-state index in [-0.39, 0.29) is 18.1 Å². The molecule has 1 fully saturated rings. The van der Waals surface area contributed by atoms with Gasteiger partial charge in [0, 0.05) is 17.5 Å². The van der Waals surface area contributed by atoms with Crippen molar-refractivity contribution in [2.24, 2.45) is 0 Å². The predicted octanol–water partition coefficient (Wildman–Crippen LogP) is 2.46. The van der Waals surface area contributed by atoms with E-state index in [0.717, 1.165) is 13.0 Å². The highest BCUT2D eigenvalue weighted by Crippen LogP contribution is 2.14. The second-order valence-electron chi connectivity index (χ2n) is 4.81. The van der Waals surface area contributed by atoms with Gasteiger partial charge < -0.3 is 15.0 Å². The zero-order valence-electron chi connectivity index (χ0n) is 10.9. The molecule has 1 aliphatic rings. The molecule has 0 bridgehead atoms. The molecule has 0 aliphatic carbocycles. The van der Waals surface area contributed by atoms with Crippen LogP contribution in [0.3, 0.4) is 0 Å². The van der Waals surface area contributed by atoms with Crippen LogP contribution in [0.15, 0.2) is 17.5 Å². The number of nitrogens with one attached hydrogen (secondary N) is 1. The molecular weight excluding hydrogens is 248 g/mol. The van der Waals surface area contributed by atoms with Crippen molar-refractivity contribution in [2.75, 3.05) is 13.2 Å². The molecular formula is C13H20N2O2S. The number of hydrogen-bond donors (Lipinski definition) is 1. The summed E-state index contributed by atoms with van der Waals surface area (Å²) in [5, 5.41) is 5.08. The summed E-state index contributed by atoms with van der Waals surface area (Å²) in [7, 11) is 0. The third-order valence-corrected chi connectivity index (χ3v) is 3.91. The minimum Gasteiger partial charge on any atom is -0.379 e. The van der Waals surface area contributed by atoms with Crippen molar-refractivity contribution in [3.05, 3.63) is 22.4 Å². The quantitative estimate of drug-likeness (QED) is 0.911. The minimum atomic E-state index is 0.00824. The number of thiophene rings is 1. The number of carbonyl (C=O) groups excluding carboxylic acids is 1. The van der Waals surface area contributed by atoms with E-state index < -0.39 is 0 Å². The molecule has 1 N–H and O–H groups in total. The van der Waals surface area contributed by atoms with Crippen molar-refractivity contribution >= 4 is 17.4 Å². The van der Waals surface area contributed by atoms with Gasteiger partial charge in [0.1, 0.15) is 0 Å². The Morgan fingerprint density at radius 2 is 2.50 bits per heavy atom. The third-order valence-electron chi connectivity index (χ3n) is 3.05. The number of amides is 2. The van der Waals surface area contributed by atoms with Crippen molar-refractivity contribution < 1.29 is 9.53 Å². The number of urea groups is 1. The van der Waals surface area contributed by atoms with Crippen LogP contribution >= 0.6 is 11.3 Å². The lowest BCUT2D eigenvalue weighted by atomic mass is 10.2. The van der Waals surface area contributed by atoms with E-state index >= 15 is 0 Å². The number of hydrogen-bond acceptors (Lipinski definition) is 3. The van der Waals surface area contributed by atoms with Crippen molar-refractivity contribution in [2.45, 2.75) is 38.9 Å². The smallest absolute Gasteiger partial charge is 0.318 e. The van der Waals surface area contributed by atoms with Gasteiger partial charge in [0.05, 0.1) is 19.2 Å². The molecule has 1 unspecified atom stereocenters. The molecule has 0 radical (unpaired) electrons. The molecule has 0 aromatic carbocycles. The van der Waals surface area contributed by atoms with Crippen molar-refractivity contribution in [1.29, 1.82) is 0 Å². The summed E-state index contributed by atoms with van der Waals surface area (Å²) in [4.78, 5) is 15.3. The van der Waals surface area contributed by atoms with Crippen LogP contribution < -0.4 is 5.32 Å². The van der Waals surface area contributed by atoms with Gasteiger partial charge in [-0.3, -0.25) is 0 Å². The highest BCUT2D eigenvalue weighted by Gasteiger charge is 2.23. The second kappa shape index (κ2) is 6.20. The molecule has 2 rings (SSSR count). The summed E-state index contributed by atoms with van der Waals surface area (Å²) in [6.45, 7) is 6.14. The normalized spacial score (nSPS) is 19.2. The summed E-state index contributed by atoms with van der Waals surface area (Å²) < 4.78 is 5.27. The van der Waals surface area contributed by atoms with E-state index in [0.29, 0.717) is 13.2 Å². The fraction of sp³-hybridized carbons (Fsp3) is 0.615. The Kier molecular flexibility index (Phi) is 4.60. The van der Waals surface area contributed by atoms with E-state index in [1.165, 1.54) is 4.88 Å². The van der Waals surface area contributed by atoms with Gasteiger partial charge in [0.25, 0.3) is 0 Å². The van der Waals surface area contributed by atoms with Crippen LogP contribution in [-0.2, 0) is 11.3 Å². The third kappa shape index (κ3) is 3.46. The molecule has 2 amide bonds. The van der Waals surface area contributed by atoms with Gasteiger partial charge in [-0.25, -0.2) is 4.79 Å². The molecule has 2 heterocycles. The number of ether oxygens (including phenoxy) is 1. The summed E-state index contributed by atoms with van der Waals surface area (Å²) in [5.74, 6) is 0. The molecule has 1 saturated heterocycles. The van der Waals surface area contributed by atoms with Gasteiger partial charge in [-0.15, -0.1) is 11.3 Å². The molecule has 1 aliphatic heterocycles. The predicted molar refractivity (Wildman–Crippen MR) is 72.8 cm³/mol. The molecule has 4 nitrogen and oxygen atoms in total. The first-order chi connectivity index (χ1) is 8.66. The molecule has 1 atom stereocenters. The van der Waals surface area contributed by atoms with Crippen LogP contribution in [0.5, 0.6) is 0 Å². The molecule has 100 valence electrons. The number of nitrogens with zero attached hydrogens (tertiary/aromatic N) is 1. The van der Waals surface area contributed by atoms with E-state index in [1.54, 1.807) is 11.3 Å². The first kappa shape index (κ1) is 13.4. The van der Waals surface area contributed by atoms with E-state index in [4.69, 9.17) is 4.74 Å². The van der Waals surface area contributed by atoms with Gasteiger partial charge in [-0.1, -0.05) is 6.07 Å². The monoisotopic (exact) mass is 268 g/mol. The van der Waals surface area contributed by atoms with Gasteiger partial charge in [0.15, 0.2) is 0 Å². The van der Waals surface area contributed by atoms with E-state index in [9.17, 15) is 4.79 Å². The first-order valence-corrected chi connectivity index (χ1v) is 7.22. The fourth-order valence-corrected chi connectivity index (χ4v) is 2.67. The maximum atomic E-state index is 12.2. The zero-order chi connectivity index (χ0) is 13.0. The van der Waals surface area contributed by atoms with Gasteiger partial charge in [-0.2, -0.15) is 0 Å². The maximum absolute atomic E-state index is 12.2. The Morgan fingerprint density at radius 1 is 1.67 bits per heavy atom. The Labute approximate surface area is 112 Å². The lowest BCUT2D eigenvalue weighted by molar-refractivity contribution is 0.167. The Hall–Kier alpha value is -1.07. The Morgan fingerprint density at radius 3 is 3.06 bits per heavy atom. The van der Waals surface area contributed by atoms with Gasteiger partial charge in [0.2, 0.25) is 0 Å². The first-order valence-electron chi connectivity index (χ1n) is 6.34. The van der Waals surface area contributed by atoms with E-state index in [2.05, 4.69) is 11.4 Å². The second-order valence-corrected chi connectivity index (χ2v) is 5.84. The molecule has 18 heavy (non-hydrogen) atoms. The lowest BCUT2D eigenvalue weighted by Crippen LogP contribution is -2.47. The van der Waals surface area contributed by atoms with Crippen molar-refractivity contribution in [3.8, 4) is 0 Å². The van der Waals surface area contributed by atoms with Crippen LogP contribution in [0.2, 0.25) is 0 Å². The number of rotatable bonds is 4. The van der Waals surface area contributed by atoms with Crippen molar-refractivity contribution in [3.63, 3.8) is 0 Å². The highest BCUT2D eigenvalue weighted by atomic mass is 32.1. The summed E-state index contributed by atoms with van der Waals surface area (Å²) in [5.41, 5.74) is 0. The highest BCUT2D eigenvalue weighted by molar-refractivity contribution is 7.09. The van der Waals surface area contributed by atoms with Crippen LogP contribution in [0.25, 0.3) is 0 Å². The molecule has 0 spiro atoms. The maximum Gasteiger partial charge on any atom is 0.318 e. The van der Waals surface area contributed by atoms with Gasteiger partial charge in [-0.05, 0) is 31.7 Å². The standard InChI is InChI=1S/C13H20N2O2S/c1-10(2)15(8-12-4-3-7-18-12)13(16)14-11-5-6-17-9-11/h3-4,7,10-11H,5-6,8-9H2,1-2H3,(H,14,16). The Bertz CT molecular complexity index is 372. The van der Waals surface area contributed by atoms with Crippen molar-refractivity contribution in [1.82, 2.24) is 10.2 Å². The SMILES string of the molecule is CC(C)N(Cc1cccs1)C(=O)NC1CCOC1. The molecule has 5 heteroatoms. The Balaban J connectivity index is 1.93. The van der Waals surface area contributed by atoms with Gasteiger partial charge >= 0.3 is 6.03 Å². The van der Waals surface area contributed by atoms with Crippen LogP contribution in [0.1, 0.15) is 25.1 Å². The largest absolute Gasteiger partial charge is 0.379 e. The number of carbonyl (C=O) groups is 1. The summed E-state index contributed by atoms with van der Waals surface area (Å²) in [6, 6.07) is 4.44. The zero-order valence-corrected chi connectivity index (χ0v) is 11.7. The molecule has 0 saturated carbocycles. The average Bonchev–Trinajstić information content (AvgIpc) is 2.97. The summed E-state index contributed by atoms with van der Waals surface area (Å²) in [6.07, 6.45) is 0.913. The van der Waals surface area contributed by atoms with Crippen LogP contribution in [0, 0.1) is 0 Å². The lowest BCUT2D eigenvalue weighted by Gasteiger charge is -2.27. The fourth-order valence-electron chi connectivity index (χ4n) is 1.97. The molecule has 1 aromatic rings. The van der Waals surface area contributed by atoms with Crippen LogP contribution in [-0.4, -0.2) is 36.2 Å². The average molecular weight is 268 g/mol. The van der Waals surface area contributed by atoms with E-state index in [1.807, 2.05) is 30.2 Å². The van der Waals surface area contributed by atoms with Crippen LogP contribution in [0.4, 0.5) is 4.79 Å². The summed E-state index contributed by atoms with van der Waals surface area (Å²) >= 11 is 1.68.